The van der Waals surface area contributed by atoms with Gasteiger partial charge in [-0.1, -0.05) is 12.1 Å². The first-order chi connectivity index (χ1) is 8.65. The Bertz CT molecular complexity index is 506. The number of amides is 1. The van der Waals surface area contributed by atoms with Crippen molar-refractivity contribution < 1.29 is 14.7 Å². The zero-order valence-electron chi connectivity index (χ0n) is 12.2. The molecular weight excluding hydrogens is 242 g/mol. The van der Waals surface area contributed by atoms with Gasteiger partial charge in [0.2, 0.25) is 5.91 Å². The molecule has 0 atom stereocenters. The van der Waals surface area contributed by atoms with Crippen LogP contribution in [0.2, 0.25) is 0 Å². The predicted molar refractivity (Wildman–Crippen MR) is 75.4 cm³/mol. The fourth-order valence-corrected chi connectivity index (χ4v) is 1.79. The van der Waals surface area contributed by atoms with Crippen molar-refractivity contribution in [3.8, 4) is 0 Å². The molecule has 1 aromatic rings. The minimum absolute atomic E-state index is 0.0216. The Hall–Kier alpha value is -1.84. The Morgan fingerprint density at radius 3 is 2.37 bits per heavy atom. The largest absolute Gasteiger partial charge is 0.481 e. The molecule has 0 radical (unpaired) electrons. The summed E-state index contributed by atoms with van der Waals surface area (Å²) in [5.74, 6) is -1.16. The monoisotopic (exact) mass is 263 g/mol. The number of carbonyl (C=O) groups excluding carboxylic acids is 1. The minimum Gasteiger partial charge on any atom is -0.481 e. The lowest BCUT2D eigenvalue weighted by Gasteiger charge is -2.25. The number of hydrogen-bond acceptors (Lipinski definition) is 2. The van der Waals surface area contributed by atoms with E-state index in [1.807, 2.05) is 32.0 Å². The summed E-state index contributed by atoms with van der Waals surface area (Å²) in [5.41, 5.74) is 1.84. The number of aryl methyl sites for hydroxylation is 2. The molecule has 1 N–H and O–H groups in total. The normalized spacial score (nSPS) is 11.2. The average molecular weight is 263 g/mol. The van der Waals surface area contributed by atoms with Crippen LogP contribution in [0.25, 0.3) is 0 Å². The Labute approximate surface area is 114 Å². The Morgan fingerprint density at radius 1 is 1.26 bits per heavy atom. The summed E-state index contributed by atoms with van der Waals surface area (Å²) in [5, 5.41) is 9.07. The number of anilines is 1. The SMILES string of the molecule is Cc1ccc(C)c(N(C)C(=O)CC(C)(C)C(=O)O)c1. The molecule has 0 aliphatic carbocycles. The summed E-state index contributed by atoms with van der Waals surface area (Å²) in [4.78, 5) is 24.8. The van der Waals surface area contributed by atoms with E-state index in [9.17, 15) is 9.59 Å². The van der Waals surface area contributed by atoms with Crippen LogP contribution in [0.1, 0.15) is 31.4 Å². The highest BCUT2D eigenvalue weighted by atomic mass is 16.4. The summed E-state index contributed by atoms with van der Waals surface area (Å²) in [6, 6.07) is 5.87. The first kappa shape index (κ1) is 15.2. The van der Waals surface area contributed by atoms with Crippen LogP contribution < -0.4 is 4.90 Å². The lowest BCUT2D eigenvalue weighted by Crippen LogP contribution is -2.35. The van der Waals surface area contributed by atoms with Crippen molar-refractivity contribution in [2.24, 2.45) is 5.41 Å². The van der Waals surface area contributed by atoms with Crippen molar-refractivity contribution in [2.75, 3.05) is 11.9 Å². The summed E-state index contributed by atoms with van der Waals surface area (Å²) < 4.78 is 0. The Kier molecular flexibility index (Phi) is 4.35. The summed E-state index contributed by atoms with van der Waals surface area (Å²) in [7, 11) is 1.68. The second-order valence-electron chi connectivity index (χ2n) is 5.61. The third-order valence-electron chi connectivity index (χ3n) is 3.27. The van der Waals surface area contributed by atoms with Crippen LogP contribution in [-0.2, 0) is 9.59 Å². The first-order valence-corrected chi connectivity index (χ1v) is 6.22. The number of benzene rings is 1. The smallest absolute Gasteiger partial charge is 0.309 e. The van der Waals surface area contributed by atoms with Gasteiger partial charge in [-0.05, 0) is 44.9 Å². The van der Waals surface area contributed by atoms with Crippen molar-refractivity contribution in [3.63, 3.8) is 0 Å². The lowest BCUT2D eigenvalue weighted by atomic mass is 9.89. The minimum atomic E-state index is -1.05. The number of hydrogen-bond donors (Lipinski definition) is 1. The van der Waals surface area contributed by atoms with Crippen molar-refractivity contribution in [1.29, 1.82) is 0 Å². The molecule has 0 aliphatic heterocycles. The van der Waals surface area contributed by atoms with Crippen LogP contribution >= 0.6 is 0 Å². The van der Waals surface area contributed by atoms with E-state index in [2.05, 4.69) is 0 Å². The van der Waals surface area contributed by atoms with E-state index in [0.29, 0.717) is 0 Å². The standard InChI is InChI=1S/C15H21NO3/c1-10-6-7-11(2)12(8-10)16(5)13(17)9-15(3,4)14(18)19/h6-8H,9H2,1-5H3,(H,18,19). The van der Waals surface area contributed by atoms with Gasteiger partial charge in [0, 0.05) is 19.2 Å². The number of nitrogens with zero attached hydrogens (tertiary/aromatic N) is 1. The van der Waals surface area contributed by atoms with Gasteiger partial charge in [-0.25, -0.2) is 0 Å². The second-order valence-corrected chi connectivity index (χ2v) is 5.61. The quantitative estimate of drug-likeness (QED) is 0.908. The maximum atomic E-state index is 12.2. The van der Waals surface area contributed by atoms with Gasteiger partial charge in [0.25, 0.3) is 0 Å². The van der Waals surface area contributed by atoms with Gasteiger partial charge in [-0.2, -0.15) is 0 Å². The van der Waals surface area contributed by atoms with Gasteiger partial charge < -0.3 is 10.0 Å². The third-order valence-corrected chi connectivity index (χ3v) is 3.27. The number of aliphatic carboxylic acids is 1. The van der Waals surface area contributed by atoms with Crippen molar-refractivity contribution in [2.45, 2.75) is 34.1 Å². The van der Waals surface area contributed by atoms with Crippen LogP contribution in [0.15, 0.2) is 18.2 Å². The van der Waals surface area contributed by atoms with E-state index in [4.69, 9.17) is 5.11 Å². The fraction of sp³-hybridized carbons (Fsp3) is 0.467. The molecule has 4 heteroatoms. The highest BCUT2D eigenvalue weighted by Crippen LogP contribution is 2.25. The molecule has 1 rings (SSSR count). The molecule has 0 saturated heterocycles. The summed E-state index contributed by atoms with van der Waals surface area (Å²) in [6.07, 6.45) is -0.0216. The molecule has 0 fully saturated rings. The van der Waals surface area contributed by atoms with Crippen LogP contribution in [0.4, 0.5) is 5.69 Å². The van der Waals surface area contributed by atoms with Crippen LogP contribution in [0.5, 0.6) is 0 Å². The van der Waals surface area contributed by atoms with Crippen LogP contribution in [-0.4, -0.2) is 24.0 Å². The molecular formula is C15H21NO3. The van der Waals surface area contributed by atoms with E-state index in [1.165, 1.54) is 4.90 Å². The van der Waals surface area contributed by atoms with Gasteiger partial charge in [0.05, 0.1) is 5.41 Å². The van der Waals surface area contributed by atoms with E-state index in [1.54, 1.807) is 20.9 Å². The second kappa shape index (κ2) is 5.43. The molecule has 19 heavy (non-hydrogen) atoms. The number of rotatable bonds is 4. The van der Waals surface area contributed by atoms with Crippen molar-refractivity contribution in [3.05, 3.63) is 29.3 Å². The molecule has 4 nitrogen and oxygen atoms in total. The topological polar surface area (TPSA) is 57.6 Å². The maximum absolute atomic E-state index is 12.2. The lowest BCUT2D eigenvalue weighted by molar-refractivity contribution is -0.149. The Balaban J connectivity index is 2.94. The number of carbonyl (C=O) groups is 2. The highest BCUT2D eigenvalue weighted by molar-refractivity contribution is 5.96. The van der Waals surface area contributed by atoms with Crippen LogP contribution in [0.3, 0.4) is 0 Å². The molecule has 0 bridgehead atoms. The third kappa shape index (κ3) is 3.56. The number of carboxylic acid groups (broad SMARTS) is 1. The molecule has 0 aliphatic rings. The molecule has 104 valence electrons. The molecule has 0 heterocycles. The number of carboxylic acids is 1. The first-order valence-electron chi connectivity index (χ1n) is 6.22. The zero-order chi connectivity index (χ0) is 14.8. The maximum Gasteiger partial charge on any atom is 0.309 e. The average Bonchev–Trinajstić information content (AvgIpc) is 2.30. The van der Waals surface area contributed by atoms with Crippen LogP contribution in [0, 0.1) is 19.3 Å². The molecule has 0 saturated carbocycles. The Morgan fingerprint density at radius 2 is 1.84 bits per heavy atom. The van der Waals surface area contributed by atoms with Crippen molar-refractivity contribution in [1.82, 2.24) is 0 Å². The predicted octanol–water partition coefficient (Wildman–Crippen LogP) is 2.77. The molecule has 0 aromatic heterocycles. The molecule has 1 amide bonds. The van der Waals surface area contributed by atoms with E-state index >= 15 is 0 Å². The van der Waals surface area contributed by atoms with Gasteiger partial charge >= 0.3 is 5.97 Å². The van der Waals surface area contributed by atoms with E-state index in [-0.39, 0.29) is 12.3 Å². The summed E-state index contributed by atoms with van der Waals surface area (Å²) in [6.45, 7) is 7.01. The fourth-order valence-electron chi connectivity index (χ4n) is 1.79. The van der Waals surface area contributed by atoms with Gasteiger partial charge in [0.15, 0.2) is 0 Å². The van der Waals surface area contributed by atoms with Crippen molar-refractivity contribution >= 4 is 17.6 Å². The van der Waals surface area contributed by atoms with Gasteiger partial charge in [-0.15, -0.1) is 0 Å². The molecule has 0 spiro atoms. The highest BCUT2D eigenvalue weighted by Gasteiger charge is 2.31. The zero-order valence-corrected chi connectivity index (χ0v) is 12.2. The van der Waals surface area contributed by atoms with E-state index in [0.717, 1.165) is 16.8 Å². The summed E-state index contributed by atoms with van der Waals surface area (Å²) >= 11 is 0. The van der Waals surface area contributed by atoms with E-state index < -0.39 is 11.4 Å². The molecule has 0 unspecified atom stereocenters. The van der Waals surface area contributed by atoms with Gasteiger partial charge in [0.1, 0.15) is 0 Å². The molecule has 1 aromatic carbocycles. The van der Waals surface area contributed by atoms with Gasteiger partial charge in [-0.3, -0.25) is 9.59 Å².